The highest BCUT2D eigenvalue weighted by Gasteiger charge is 2.62. The second-order valence-corrected chi connectivity index (χ2v) is 16.7. The fourth-order valence-corrected chi connectivity index (χ4v) is 11.8. The van der Waals surface area contributed by atoms with Crippen LogP contribution in [0.25, 0.3) is 0 Å². The molecule has 5 rings (SSSR count). The van der Waals surface area contributed by atoms with Gasteiger partial charge < -0.3 is 10.4 Å². The van der Waals surface area contributed by atoms with Crippen LogP contribution in [0.1, 0.15) is 103 Å². The number of fused-ring (bicyclic) bond motifs is 5. The van der Waals surface area contributed by atoms with Gasteiger partial charge in [0.25, 0.3) is 0 Å². The van der Waals surface area contributed by atoms with Crippen LogP contribution < -0.4 is 5.32 Å². The van der Waals surface area contributed by atoms with Crippen molar-refractivity contribution in [2.45, 2.75) is 98.4 Å². The summed E-state index contributed by atoms with van der Waals surface area (Å²) in [5, 5.41) is 13.9. The van der Waals surface area contributed by atoms with E-state index in [9.17, 15) is 14.7 Å². The Bertz CT molecular complexity index is 1040. The Labute approximate surface area is 242 Å². The van der Waals surface area contributed by atoms with Gasteiger partial charge in [-0.1, -0.05) is 34.6 Å². The minimum atomic E-state index is 0.0527. The molecule has 0 aliphatic heterocycles. The first-order chi connectivity index (χ1) is 18.0. The summed E-state index contributed by atoms with van der Waals surface area (Å²) in [4.78, 5) is 26.9. The monoisotopic (exact) mass is 605 g/mol. The molecule has 2 N–H and O–H groups in total. The van der Waals surface area contributed by atoms with E-state index in [0.29, 0.717) is 59.5 Å². The van der Waals surface area contributed by atoms with E-state index < -0.39 is 0 Å². The molecule has 1 aromatic rings. The maximum atomic E-state index is 13.3. The molecule has 4 aliphatic rings. The summed E-state index contributed by atoms with van der Waals surface area (Å²) < 4.78 is 1.10. The zero-order valence-electron chi connectivity index (χ0n) is 24.0. The number of amides is 1. The number of carbonyl (C=O) groups excluding carboxylic acids is 2. The molecule has 38 heavy (non-hydrogen) atoms. The smallest absolute Gasteiger partial charge is 0.220 e. The molecule has 0 aromatic carbocycles. The fourth-order valence-electron chi connectivity index (χ4n) is 10.1. The van der Waals surface area contributed by atoms with E-state index in [2.05, 4.69) is 68.0 Å². The number of aliphatic hydroxyl groups is 1. The first-order valence-corrected chi connectivity index (χ1v) is 16.8. The summed E-state index contributed by atoms with van der Waals surface area (Å²) in [5.41, 5.74) is 0.482. The summed E-state index contributed by atoms with van der Waals surface area (Å²) in [6.07, 6.45) is 8.98. The van der Waals surface area contributed by atoms with Gasteiger partial charge in [0.2, 0.25) is 5.91 Å². The number of Topliss-reactive ketones (excluding diaryl/α,β-unsaturated/α-hetero) is 1. The molecular formula is C32H48BrNO3S. The van der Waals surface area contributed by atoms with Gasteiger partial charge in [0.05, 0.1) is 9.83 Å². The van der Waals surface area contributed by atoms with Crippen molar-refractivity contribution >= 4 is 39.0 Å². The van der Waals surface area contributed by atoms with Gasteiger partial charge in [-0.05, 0) is 125 Å². The third kappa shape index (κ3) is 4.98. The van der Waals surface area contributed by atoms with E-state index in [-0.39, 0.29) is 29.4 Å². The largest absolute Gasteiger partial charge is 0.396 e. The van der Waals surface area contributed by atoms with Crippen molar-refractivity contribution in [3.05, 3.63) is 20.8 Å². The van der Waals surface area contributed by atoms with Gasteiger partial charge in [0.15, 0.2) is 0 Å². The predicted octanol–water partition coefficient (Wildman–Crippen LogP) is 7.80. The predicted molar refractivity (Wildman–Crippen MR) is 158 cm³/mol. The van der Waals surface area contributed by atoms with E-state index in [1.54, 1.807) is 11.3 Å². The van der Waals surface area contributed by atoms with Gasteiger partial charge in [-0.3, -0.25) is 9.59 Å². The van der Waals surface area contributed by atoms with Crippen molar-refractivity contribution < 1.29 is 14.7 Å². The second kappa shape index (κ2) is 10.9. The highest BCUT2D eigenvalue weighted by Crippen LogP contribution is 2.69. The summed E-state index contributed by atoms with van der Waals surface area (Å²) >= 11 is 5.28. The Balaban J connectivity index is 1.30. The highest BCUT2D eigenvalue weighted by atomic mass is 79.9. The number of ketones is 1. The molecule has 1 heterocycles. The van der Waals surface area contributed by atoms with Crippen LogP contribution in [-0.4, -0.2) is 23.4 Å². The lowest BCUT2D eigenvalue weighted by Gasteiger charge is -2.62. The third-order valence-electron chi connectivity index (χ3n) is 12.0. The van der Waals surface area contributed by atoms with Gasteiger partial charge in [0, 0.05) is 30.7 Å². The fraction of sp³-hybridized carbons (Fsp3) is 0.812. The van der Waals surface area contributed by atoms with Crippen molar-refractivity contribution in [2.75, 3.05) is 6.61 Å². The normalized spacial score (nSPS) is 40.3. The molecule has 0 spiro atoms. The molecule has 4 nitrogen and oxygen atoms in total. The van der Waals surface area contributed by atoms with Crippen molar-refractivity contribution in [3.63, 3.8) is 0 Å². The van der Waals surface area contributed by atoms with Crippen LogP contribution in [0.3, 0.4) is 0 Å². The van der Waals surface area contributed by atoms with E-state index in [1.165, 1.54) is 30.6 Å². The second-order valence-electron chi connectivity index (χ2n) is 14.3. The number of rotatable bonds is 7. The lowest BCUT2D eigenvalue weighted by Crippen LogP contribution is -2.57. The Kier molecular flexibility index (Phi) is 8.28. The summed E-state index contributed by atoms with van der Waals surface area (Å²) in [6.45, 7) is 11.9. The minimum Gasteiger partial charge on any atom is -0.396 e. The van der Waals surface area contributed by atoms with E-state index >= 15 is 0 Å². The van der Waals surface area contributed by atoms with Crippen LogP contribution in [-0.2, 0) is 9.59 Å². The maximum Gasteiger partial charge on any atom is 0.220 e. The standard InChI is InChI=1S/C32H48BrNO3S/c1-18(2)30(26-8-9-27(33)38-26)34-28(37)14-19(3)23-6-7-24-29-20(17-35)15-21-16-22(36)10-12-31(21,4)25(29)11-13-32(23,24)5/h8-9,18-21,23-25,29-30,35H,6-7,10-17H2,1-5H3,(H,34,37)/t19-,20?,21?,23?,24+,25+,29?,30?,31?,32?/m1/s1. The molecule has 0 saturated heterocycles. The Morgan fingerprint density at radius 3 is 2.53 bits per heavy atom. The molecule has 6 heteroatoms. The van der Waals surface area contributed by atoms with Gasteiger partial charge in [-0.15, -0.1) is 11.3 Å². The molecular weight excluding hydrogens is 558 g/mol. The van der Waals surface area contributed by atoms with Crippen LogP contribution in [0.4, 0.5) is 0 Å². The van der Waals surface area contributed by atoms with E-state index in [0.717, 1.165) is 29.5 Å². The molecule has 4 fully saturated rings. The lowest BCUT2D eigenvalue weighted by atomic mass is 9.42. The van der Waals surface area contributed by atoms with Gasteiger partial charge in [-0.25, -0.2) is 0 Å². The summed E-state index contributed by atoms with van der Waals surface area (Å²) in [7, 11) is 0. The van der Waals surface area contributed by atoms with Crippen LogP contribution in [0.15, 0.2) is 15.9 Å². The lowest BCUT2D eigenvalue weighted by molar-refractivity contribution is -0.157. The molecule has 10 atom stereocenters. The average molecular weight is 607 g/mol. The van der Waals surface area contributed by atoms with E-state index in [1.807, 2.05) is 0 Å². The highest BCUT2D eigenvalue weighted by molar-refractivity contribution is 9.11. The molecule has 4 saturated carbocycles. The van der Waals surface area contributed by atoms with Crippen molar-refractivity contribution in [2.24, 2.45) is 58.2 Å². The molecule has 212 valence electrons. The molecule has 7 unspecified atom stereocenters. The Morgan fingerprint density at radius 1 is 1.13 bits per heavy atom. The van der Waals surface area contributed by atoms with Crippen LogP contribution in [0.2, 0.25) is 0 Å². The first-order valence-electron chi connectivity index (χ1n) is 15.1. The number of halogens is 1. The topological polar surface area (TPSA) is 66.4 Å². The number of hydrogen-bond donors (Lipinski definition) is 2. The number of aliphatic hydroxyl groups excluding tert-OH is 1. The SMILES string of the molecule is CC(C)C(NC(=O)C[C@@H](C)C1CC[C@H]2C3C(CO)CC4CC(=O)CCC4(C)[C@H]3CCC12C)c1ccc(Br)s1. The molecule has 0 bridgehead atoms. The van der Waals surface area contributed by atoms with Gasteiger partial charge in [-0.2, -0.15) is 0 Å². The number of thiophene rings is 1. The quantitative estimate of drug-likeness (QED) is 0.333. The first kappa shape index (κ1) is 28.8. The van der Waals surface area contributed by atoms with Crippen LogP contribution >= 0.6 is 27.3 Å². The Hall–Kier alpha value is -0.720. The van der Waals surface area contributed by atoms with Crippen molar-refractivity contribution in [1.29, 1.82) is 0 Å². The maximum absolute atomic E-state index is 13.3. The number of nitrogens with one attached hydrogen (secondary N) is 1. The third-order valence-corrected chi connectivity index (χ3v) is 13.8. The summed E-state index contributed by atoms with van der Waals surface area (Å²) in [6, 6.07) is 4.25. The average Bonchev–Trinajstić information content (AvgIpc) is 3.45. The number of hydrogen-bond acceptors (Lipinski definition) is 4. The van der Waals surface area contributed by atoms with E-state index in [4.69, 9.17) is 0 Å². The van der Waals surface area contributed by atoms with Crippen molar-refractivity contribution in [1.82, 2.24) is 5.32 Å². The number of carbonyl (C=O) groups is 2. The van der Waals surface area contributed by atoms with Crippen LogP contribution in [0.5, 0.6) is 0 Å². The minimum absolute atomic E-state index is 0.0527. The zero-order chi connectivity index (χ0) is 27.4. The van der Waals surface area contributed by atoms with Gasteiger partial charge in [0.1, 0.15) is 5.78 Å². The molecule has 4 aliphatic carbocycles. The van der Waals surface area contributed by atoms with Crippen molar-refractivity contribution in [3.8, 4) is 0 Å². The molecule has 1 aromatic heterocycles. The molecule has 1 amide bonds. The van der Waals surface area contributed by atoms with Gasteiger partial charge >= 0.3 is 0 Å². The summed E-state index contributed by atoms with van der Waals surface area (Å²) in [5.74, 6) is 4.41. The van der Waals surface area contributed by atoms with Crippen LogP contribution in [0, 0.1) is 58.2 Å². The zero-order valence-corrected chi connectivity index (χ0v) is 26.4. The molecule has 0 radical (unpaired) electrons. The Morgan fingerprint density at radius 2 is 1.87 bits per heavy atom.